The number of rotatable bonds is 0. The molecule has 0 radical (unpaired) electrons. The fourth-order valence-electron chi connectivity index (χ4n) is 0. The van der Waals surface area contributed by atoms with Gasteiger partial charge in [-0.1, -0.05) is 0 Å². The molecule has 0 aromatic rings. The molecule has 28 valence electrons. The van der Waals surface area contributed by atoms with Gasteiger partial charge in [-0.3, -0.25) is 0 Å². The van der Waals surface area contributed by atoms with Gasteiger partial charge in [0, 0.05) is 0 Å². The Bertz CT molecular complexity index is 60.7. The predicted molar refractivity (Wildman–Crippen MR) is 15.5 cm³/mol. The molecule has 0 rings (SSSR count). The van der Waals surface area contributed by atoms with Crippen molar-refractivity contribution in [1.29, 1.82) is 4.78 Å². The van der Waals surface area contributed by atoms with Crippen LogP contribution in [0, 0.1) is 4.78 Å². The van der Waals surface area contributed by atoms with Gasteiger partial charge in [-0.25, -0.2) is 0 Å². The van der Waals surface area contributed by atoms with Gasteiger partial charge in [0.15, 0.2) is 0 Å². The summed E-state index contributed by atoms with van der Waals surface area (Å²) in [5, 5.41) is 7.62. The van der Waals surface area contributed by atoms with Crippen molar-refractivity contribution in [3.05, 3.63) is 0 Å². The zero-order chi connectivity index (χ0) is 4.28. The van der Waals surface area contributed by atoms with E-state index < -0.39 is 5.30 Å². The predicted octanol–water partition coefficient (Wildman–Crippen LogP) is -0.825. The van der Waals surface area contributed by atoms with Crippen LogP contribution < -0.4 is 5.11 Å². The van der Waals surface area contributed by atoms with Crippen molar-refractivity contribution in [3.63, 3.8) is 0 Å². The van der Waals surface area contributed by atoms with E-state index in [0.717, 1.165) is 0 Å². The highest BCUT2D eigenvalue weighted by molar-refractivity contribution is 7.83. The summed E-state index contributed by atoms with van der Waals surface area (Å²) in [4.78, 5) is 9.03. The molecule has 0 fully saturated rings. The summed E-state index contributed by atoms with van der Waals surface area (Å²) >= 11 is -0.0648. The molecule has 0 aromatic heterocycles. The summed E-state index contributed by atoms with van der Waals surface area (Å²) < 4.78 is 5.91. The number of nitrogens with one attached hydrogen (secondary N) is 1. The first-order chi connectivity index (χ1) is 2.27. The molecular weight excluding hydrogens is 90.1 g/mol. The van der Waals surface area contributed by atoms with Gasteiger partial charge in [0.2, 0.25) is 0 Å². The van der Waals surface area contributed by atoms with Crippen LogP contribution in [0.5, 0.6) is 0 Å². The maximum atomic E-state index is 9.03. The summed E-state index contributed by atoms with van der Waals surface area (Å²) in [7, 11) is 0. The quantitative estimate of drug-likeness (QED) is 0.395. The highest BCUT2D eigenvalue weighted by Crippen LogP contribution is 1.48. The number of hydrogen-bond acceptors (Lipinski definition) is 3. The SMILES string of the molecule is N=[S+]C(=O)[O-]. The van der Waals surface area contributed by atoms with Crippen LogP contribution in [0.3, 0.4) is 0 Å². The van der Waals surface area contributed by atoms with Crippen LogP contribution in [0.4, 0.5) is 4.79 Å². The minimum absolute atomic E-state index is 0.0648. The van der Waals surface area contributed by atoms with E-state index in [-0.39, 0.29) is 11.6 Å². The van der Waals surface area contributed by atoms with Gasteiger partial charge in [-0.2, -0.15) is 0 Å². The van der Waals surface area contributed by atoms with Crippen LogP contribution in [0.2, 0.25) is 0 Å². The molecule has 0 aromatic carbocycles. The van der Waals surface area contributed by atoms with Gasteiger partial charge in [0.25, 0.3) is 0 Å². The zero-order valence-electron chi connectivity index (χ0n) is 2.22. The Morgan fingerprint density at radius 3 is 2.20 bits per heavy atom. The number of carboxylic acid groups (broad SMARTS) is 1. The molecule has 0 saturated carbocycles. The monoisotopic (exact) mass is 91.0 g/mol. The fourth-order valence-corrected chi connectivity index (χ4v) is 0. The van der Waals surface area contributed by atoms with Gasteiger partial charge in [0.1, 0.15) is 0 Å². The third-order valence-corrected chi connectivity index (χ3v) is 0.250. The second-order valence-corrected chi connectivity index (χ2v) is 0.890. The average Bonchev–Trinajstić information content (AvgIpc) is 1.38. The molecule has 0 unspecified atom stereocenters. The lowest BCUT2D eigenvalue weighted by Crippen LogP contribution is -2.17. The summed E-state index contributed by atoms with van der Waals surface area (Å²) in [6, 6.07) is 0. The Morgan fingerprint density at radius 2 is 2.20 bits per heavy atom. The lowest BCUT2D eigenvalue weighted by molar-refractivity contribution is -0.232. The maximum absolute atomic E-state index is 9.03. The van der Waals surface area contributed by atoms with Crippen LogP contribution >= 0.6 is 0 Å². The zero-order valence-corrected chi connectivity index (χ0v) is 3.04. The molecule has 0 amide bonds. The van der Waals surface area contributed by atoms with Gasteiger partial charge < -0.3 is 9.90 Å². The molecular formula is CHNO2S. The van der Waals surface area contributed by atoms with Crippen molar-refractivity contribution in [3.8, 4) is 0 Å². The molecule has 0 heterocycles. The van der Waals surface area contributed by atoms with Crippen LogP contribution in [-0.2, 0) is 11.6 Å². The Balaban J connectivity index is 3.20. The van der Waals surface area contributed by atoms with Gasteiger partial charge >= 0.3 is 16.9 Å². The van der Waals surface area contributed by atoms with E-state index in [2.05, 4.69) is 0 Å². The van der Waals surface area contributed by atoms with E-state index >= 15 is 0 Å². The average molecular weight is 91.1 g/mol. The van der Waals surface area contributed by atoms with Crippen molar-refractivity contribution in [2.75, 3.05) is 0 Å². The first-order valence-corrected chi connectivity index (χ1v) is 1.63. The number of carbonyl (C=O) groups excluding carboxylic acids is 1. The Hall–Kier alpha value is -0.510. The molecule has 0 spiro atoms. The highest BCUT2D eigenvalue weighted by Gasteiger charge is 1.85. The number of hydrogen-bond donors (Lipinski definition) is 1. The molecule has 4 heteroatoms. The smallest absolute Gasteiger partial charge is 0.386 e. The van der Waals surface area contributed by atoms with Crippen molar-refractivity contribution < 1.29 is 9.90 Å². The van der Waals surface area contributed by atoms with Crippen molar-refractivity contribution in [2.24, 2.45) is 0 Å². The lowest BCUT2D eigenvalue weighted by Gasteiger charge is -1.59. The molecule has 5 heavy (non-hydrogen) atoms. The Kier molecular flexibility index (Phi) is 1.60. The van der Waals surface area contributed by atoms with E-state index in [1.54, 1.807) is 0 Å². The maximum Gasteiger partial charge on any atom is 0.386 e. The number of carbonyl (C=O) groups is 1. The molecule has 0 aliphatic heterocycles. The molecule has 0 atom stereocenters. The van der Waals surface area contributed by atoms with Crippen LogP contribution in [0.25, 0.3) is 0 Å². The highest BCUT2D eigenvalue weighted by atomic mass is 32.1. The first kappa shape index (κ1) is 4.49. The Morgan fingerprint density at radius 1 is 2.00 bits per heavy atom. The summed E-state index contributed by atoms with van der Waals surface area (Å²) in [5.41, 5.74) is 0. The van der Waals surface area contributed by atoms with Crippen LogP contribution in [-0.4, -0.2) is 5.30 Å². The van der Waals surface area contributed by atoms with Crippen molar-refractivity contribution in [1.82, 2.24) is 0 Å². The topological polar surface area (TPSA) is 64.0 Å². The van der Waals surface area contributed by atoms with Gasteiger partial charge in [-0.15, -0.1) is 0 Å². The summed E-state index contributed by atoms with van der Waals surface area (Å²) in [6.45, 7) is 0. The molecule has 0 aliphatic rings. The van der Waals surface area contributed by atoms with E-state index in [9.17, 15) is 0 Å². The lowest BCUT2D eigenvalue weighted by atomic mass is 11.6. The van der Waals surface area contributed by atoms with E-state index in [0.29, 0.717) is 0 Å². The third-order valence-electron chi connectivity index (χ3n) is 0.0833. The molecule has 0 bridgehead atoms. The molecule has 1 N–H and O–H groups in total. The molecule has 3 nitrogen and oxygen atoms in total. The van der Waals surface area contributed by atoms with Gasteiger partial charge in [0.05, 0.1) is 0 Å². The van der Waals surface area contributed by atoms with E-state index in [1.807, 2.05) is 0 Å². The normalized spacial score (nSPS) is 6.40. The van der Waals surface area contributed by atoms with Crippen molar-refractivity contribution >= 4 is 16.9 Å². The fraction of sp³-hybridized carbons (Fsp3) is 0. The van der Waals surface area contributed by atoms with Crippen LogP contribution in [0.15, 0.2) is 0 Å². The second-order valence-electron chi connectivity index (χ2n) is 0.352. The summed E-state index contributed by atoms with van der Waals surface area (Å²) in [5.74, 6) is 0. The van der Waals surface area contributed by atoms with Gasteiger partial charge in [-0.05, 0) is 4.78 Å². The summed E-state index contributed by atoms with van der Waals surface area (Å²) in [6.07, 6.45) is 0. The minimum Gasteiger partial charge on any atom is -0.494 e. The standard InChI is InChI=1S/CHNO2S/c2-5-1(3)4/h2H. The minimum atomic E-state index is -1.41. The Labute approximate surface area is 32.5 Å². The van der Waals surface area contributed by atoms with E-state index in [1.165, 1.54) is 0 Å². The molecule has 0 saturated heterocycles. The van der Waals surface area contributed by atoms with Crippen molar-refractivity contribution in [2.45, 2.75) is 0 Å². The largest absolute Gasteiger partial charge is 0.494 e. The third kappa shape index (κ3) is 3.49. The molecule has 0 aliphatic carbocycles. The van der Waals surface area contributed by atoms with E-state index in [4.69, 9.17) is 14.7 Å². The second kappa shape index (κ2) is 1.78. The van der Waals surface area contributed by atoms with Crippen LogP contribution in [0.1, 0.15) is 0 Å². The first-order valence-electron chi connectivity index (χ1n) is 0.816.